The fourth-order valence-corrected chi connectivity index (χ4v) is 3.84. The lowest BCUT2D eigenvalue weighted by atomic mass is 10.1. The molecule has 2 aromatic rings. The number of piperazine rings is 1. The molecule has 1 aliphatic rings. The smallest absolute Gasteiger partial charge is 0.350 e. The van der Waals surface area contributed by atoms with Gasteiger partial charge in [0.2, 0.25) is 5.28 Å². The molecule has 1 saturated heterocycles. The van der Waals surface area contributed by atoms with Crippen LogP contribution in [0.5, 0.6) is 0 Å². The number of anilines is 1. The van der Waals surface area contributed by atoms with Crippen molar-refractivity contribution in [3.05, 3.63) is 26.4 Å². The van der Waals surface area contributed by atoms with Gasteiger partial charge in [0.05, 0.1) is 20.6 Å². The summed E-state index contributed by atoms with van der Waals surface area (Å²) in [5.41, 5.74) is -0.678. The van der Waals surface area contributed by atoms with E-state index in [4.69, 9.17) is 23.2 Å². The predicted octanol–water partition coefficient (Wildman–Crippen LogP) is 4.90. The molecule has 1 N–H and O–H groups in total. The van der Waals surface area contributed by atoms with E-state index in [0.717, 1.165) is 6.07 Å². The second-order valence-corrected chi connectivity index (χ2v) is 7.58. The van der Waals surface area contributed by atoms with Gasteiger partial charge in [0.15, 0.2) is 0 Å². The van der Waals surface area contributed by atoms with Gasteiger partial charge in [-0.3, -0.25) is 0 Å². The number of hydrogen-bond donors (Lipinski definition) is 1. The van der Waals surface area contributed by atoms with Gasteiger partial charge < -0.3 is 10.2 Å². The van der Waals surface area contributed by atoms with Crippen molar-refractivity contribution in [1.82, 2.24) is 15.3 Å². The monoisotopic (exact) mass is 456 g/mol. The molecule has 0 unspecified atom stereocenters. The lowest BCUT2D eigenvalue weighted by Gasteiger charge is -2.39. The number of hydrogen-bond acceptors (Lipinski definition) is 4. The molecular formula is C15H14BrCl2F3N4. The maximum absolute atomic E-state index is 13.4. The number of alkyl halides is 3. The van der Waals surface area contributed by atoms with Crippen LogP contribution >= 0.6 is 39.1 Å². The first-order valence-corrected chi connectivity index (χ1v) is 9.07. The summed E-state index contributed by atoms with van der Waals surface area (Å²) in [5, 5.41) is 3.35. The Morgan fingerprint density at radius 1 is 1.28 bits per heavy atom. The van der Waals surface area contributed by atoms with E-state index < -0.39 is 11.7 Å². The second-order valence-electron chi connectivity index (χ2n) is 6.07. The van der Waals surface area contributed by atoms with E-state index in [1.54, 1.807) is 0 Å². The molecule has 4 nitrogen and oxygen atoms in total. The first kappa shape index (κ1) is 18.9. The van der Waals surface area contributed by atoms with Crippen molar-refractivity contribution in [3.63, 3.8) is 0 Å². The van der Waals surface area contributed by atoms with Crippen molar-refractivity contribution < 1.29 is 13.2 Å². The number of aromatic nitrogens is 2. The summed E-state index contributed by atoms with van der Waals surface area (Å²) in [6, 6.07) is 1.21. The van der Waals surface area contributed by atoms with Crippen LogP contribution in [0.4, 0.5) is 19.0 Å². The van der Waals surface area contributed by atoms with Crippen LogP contribution in [0.25, 0.3) is 10.9 Å². The van der Waals surface area contributed by atoms with Crippen molar-refractivity contribution >= 4 is 55.9 Å². The van der Waals surface area contributed by atoms with Gasteiger partial charge in [0.25, 0.3) is 0 Å². The third kappa shape index (κ3) is 3.54. The van der Waals surface area contributed by atoms with Gasteiger partial charge in [-0.2, -0.15) is 18.2 Å². The fourth-order valence-electron chi connectivity index (χ4n) is 2.90. The van der Waals surface area contributed by atoms with E-state index in [2.05, 4.69) is 31.2 Å². The van der Waals surface area contributed by atoms with Crippen LogP contribution < -0.4 is 10.2 Å². The van der Waals surface area contributed by atoms with E-state index in [0.29, 0.717) is 18.9 Å². The molecule has 2 atom stereocenters. The number of benzene rings is 1. The molecule has 136 valence electrons. The zero-order chi connectivity index (χ0) is 18.5. The highest BCUT2D eigenvalue weighted by molar-refractivity contribution is 9.10. The minimum Gasteiger partial charge on any atom is -0.350 e. The SMILES string of the molecule is C[C@@H]1CN(c2nc(Cl)nc3c(Cl)c(Br)c(C(F)(F)F)cc23)[C@@H](C)CN1. The van der Waals surface area contributed by atoms with Gasteiger partial charge in [-0.15, -0.1) is 0 Å². The van der Waals surface area contributed by atoms with Crippen LogP contribution in [0.15, 0.2) is 10.5 Å². The Kier molecular flexibility index (Phi) is 5.09. The van der Waals surface area contributed by atoms with E-state index in [1.807, 2.05) is 18.7 Å². The molecule has 3 rings (SSSR count). The zero-order valence-electron chi connectivity index (χ0n) is 13.3. The highest BCUT2D eigenvalue weighted by atomic mass is 79.9. The Morgan fingerprint density at radius 3 is 2.60 bits per heavy atom. The van der Waals surface area contributed by atoms with Gasteiger partial charge in [0.1, 0.15) is 5.82 Å². The van der Waals surface area contributed by atoms with E-state index in [-0.39, 0.29) is 37.8 Å². The van der Waals surface area contributed by atoms with Gasteiger partial charge >= 0.3 is 6.18 Å². The molecule has 0 saturated carbocycles. The minimum atomic E-state index is -4.56. The van der Waals surface area contributed by atoms with Gasteiger partial charge in [-0.25, -0.2) is 4.98 Å². The molecule has 1 aliphatic heterocycles. The first-order chi connectivity index (χ1) is 11.6. The van der Waals surface area contributed by atoms with Crippen LogP contribution in [0, 0.1) is 0 Å². The number of nitrogens with one attached hydrogen (secondary N) is 1. The van der Waals surface area contributed by atoms with E-state index in [1.165, 1.54) is 0 Å². The number of fused-ring (bicyclic) bond motifs is 1. The quantitative estimate of drug-likeness (QED) is 0.618. The second kappa shape index (κ2) is 6.72. The summed E-state index contributed by atoms with van der Waals surface area (Å²) in [4.78, 5) is 10.2. The fraction of sp³-hybridized carbons (Fsp3) is 0.467. The Bertz CT molecular complexity index is 831. The highest BCUT2D eigenvalue weighted by Gasteiger charge is 2.36. The van der Waals surface area contributed by atoms with Crippen molar-refractivity contribution in [1.29, 1.82) is 0 Å². The third-order valence-corrected chi connectivity index (χ3v) is 5.75. The zero-order valence-corrected chi connectivity index (χ0v) is 16.4. The van der Waals surface area contributed by atoms with Crippen LogP contribution in [0.2, 0.25) is 10.3 Å². The third-order valence-electron chi connectivity index (χ3n) is 4.17. The standard InChI is InChI=1S/C15H14BrCl2F3N4/c1-6-5-25(7(2)4-22-6)13-8-3-9(15(19,20)21)10(16)11(17)12(8)23-14(18)24-13/h3,6-7,22H,4-5H2,1-2H3/t6-,7+/m1/s1. The molecule has 10 heteroatoms. The van der Waals surface area contributed by atoms with Gasteiger partial charge in [-0.1, -0.05) is 11.6 Å². The summed E-state index contributed by atoms with van der Waals surface area (Å²) >= 11 is 15.1. The van der Waals surface area contributed by atoms with E-state index >= 15 is 0 Å². The molecule has 1 fully saturated rings. The average Bonchev–Trinajstić information content (AvgIpc) is 2.52. The molecule has 0 aliphatic carbocycles. The van der Waals surface area contributed by atoms with Gasteiger partial charge in [-0.05, 0) is 47.4 Å². The summed E-state index contributed by atoms with van der Waals surface area (Å²) in [5.74, 6) is 0.357. The van der Waals surface area contributed by atoms with Crippen molar-refractivity contribution in [2.75, 3.05) is 18.0 Å². The summed E-state index contributed by atoms with van der Waals surface area (Å²) in [6.45, 7) is 5.22. The topological polar surface area (TPSA) is 41.1 Å². The maximum Gasteiger partial charge on any atom is 0.417 e. The largest absolute Gasteiger partial charge is 0.417 e. The Labute approximate surface area is 160 Å². The first-order valence-electron chi connectivity index (χ1n) is 7.52. The van der Waals surface area contributed by atoms with Crippen LogP contribution in [0.1, 0.15) is 19.4 Å². The molecule has 25 heavy (non-hydrogen) atoms. The lowest BCUT2D eigenvalue weighted by Crippen LogP contribution is -2.54. The van der Waals surface area contributed by atoms with E-state index in [9.17, 15) is 13.2 Å². The predicted molar refractivity (Wildman–Crippen MR) is 96.5 cm³/mol. The lowest BCUT2D eigenvalue weighted by molar-refractivity contribution is -0.138. The molecule has 2 heterocycles. The number of halogens is 6. The number of nitrogens with zero attached hydrogens (tertiary/aromatic N) is 3. The normalized spacial score (nSPS) is 21.8. The highest BCUT2D eigenvalue weighted by Crippen LogP contribution is 2.44. The Balaban J connectivity index is 2.30. The summed E-state index contributed by atoms with van der Waals surface area (Å²) in [6.07, 6.45) is -4.56. The van der Waals surface area contributed by atoms with Crippen LogP contribution in [-0.2, 0) is 6.18 Å². The molecular weight excluding hydrogens is 444 g/mol. The molecule has 0 spiro atoms. The maximum atomic E-state index is 13.4. The summed E-state index contributed by atoms with van der Waals surface area (Å²) in [7, 11) is 0. The van der Waals surface area contributed by atoms with Crippen LogP contribution in [0.3, 0.4) is 0 Å². The summed E-state index contributed by atoms with van der Waals surface area (Å²) < 4.78 is 39.9. The Hall–Kier alpha value is -0.830. The molecule has 0 radical (unpaired) electrons. The molecule has 1 aromatic carbocycles. The van der Waals surface area contributed by atoms with Crippen molar-refractivity contribution in [3.8, 4) is 0 Å². The average molecular weight is 458 g/mol. The van der Waals surface area contributed by atoms with Crippen LogP contribution in [-0.4, -0.2) is 35.1 Å². The molecule has 0 bridgehead atoms. The van der Waals surface area contributed by atoms with Crippen molar-refractivity contribution in [2.45, 2.75) is 32.1 Å². The van der Waals surface area contributed by atoms with Crippen molar-refractivity contribution in [2.24, 2.45) is 0 Å². The van der Waals surface area contributed by atoms with Gasteiger partial charge in [0, 0.05) is 30.6 Å². The minimum absolute atomic E-state index is 0.0297. The molecule has 0 amide bonds. The Morgan fingerprint density at radius 2 is 1.96 bits per heavy atom. The molecule has 1 aromatic heterocycles. The number of rotatable bonds is 1.